The van der Waals surface area contributed by atoms with E-state index in [1.165, 1.54) is 11.1 Å². The highest BCUT2D eigenvalue weighted by Crippen LogP contribution is 1.92. The van der Waals surface area contributed by atoms with E-state index in [0.717, 1.165) is 0 Å². The van der Waals surface area contributed by atoms with E-state index in [-0.39, 0.29) is 0 Å². The summed E-state index contributed by atoms with van der Waals surface area (Å²) < 4.78 is 4.82. The Morgan fingerprint density at radius 2 is 1.88 bits per heavy atom. The van der Waals surface area contributed by atoms with Crippen molar-refractivity contribution >= 4 is 0 Å². The molecule has 0 N–H and O–H groups in total. The van der Waals surface area contributed by atoms with E-state index in [1.54, 1.807) is 7.11 Å². The number of allylic oxidation sites excluding steroid dienone is 3. The summed E-state index contributed by atoms with van der Waals surface area (Å²) in [6.07, 6.45) is 6.10. The molecule has 1 aromatic carbocycles. The number of ether oxygens (including phenoxy) is 1. The van der Waals surface area contributed by atoms with Crippen molar-refractivity contribution in [1.29, 1.82) is 0 Å². The van der Waals surface area contributed by atoms with Gasteiger partial charge < -0.3 is 4.74 Å². The molecule has 1 aromatic rings. The first-order chi connectivity index (χ1) is 7.70. The van der Waals surface area contributed by atoms with E-state index in [4.69, 9.17) is 4.74 Å². The maximum absolute atomic E-state index is 4.82. The van der Waals surface area contributed by atoms with Crippen LogP contribution in [0.2, 0.25) is 0 Å². The van der Waals surface area contributed by atoms with Crippen LogP contribution in [0.15, 0.2) is 54.1 Å². The maximum Gasteiger partial charge on any atom is 0.0646 e. The first kappa shape index (κ1) is 14.7. The molecule has 1 nitrogen and oxygen atoms in total. The van der Waals surface area contributed by atoms with E-state index >= 15 is 0 Å². The van der Waals surface area contributed by atoms with E-state index in [1.807, 2.05) is 37.3 Å². The van der Waals surface area contributed by atoms with E-state index < -0.39 is 0 Å². The third kappa shape index (κ3) is 9.22. The fourth-order valence-electron chi connectivity index (χ4n) is 0.961. The molecule has 0 spiro atoms. The van der Waals surface area contributed by atoms with Crippen LogP contribution in [0.25, 0.3) is 0 Å². The molecule has 0 saturated heterocycles. The molecule has 0 aliphatic heterocycles. The summed E-state index contributed by atoms with van der Waals surface area (Å²) >= 11 is 0. The first-order valence-electron chi connectivity index (χ1n) is 5.50. The third-order valence-electron chi connectivity index (χ3n) is 2.04. The second-order valence-corrected chi connectivity index (χ2v) is 3.55. The van der Waals surface area contributed by atoms with E-state index in [0.29, 0.717) is 6.61 Å². The summed E-state index contributed by atoms with van der Waals surface area (Å²) in [7, 11) is 1.69. The number of aryl methyl sites for hydroxylation is 1. The molecule has 0 unspecified atom stereocenters. The Labute approximate surface area is 99.5 Å². The van der Waals surface area contributed by atoms with Gasteiger partial charge in [0.1, 0.15) is 0 Å². The second kappa shape index (κ2) is 10.2. The molecule has 0 aliphatic carbocycles. The Hall–Kier alpha value is -1.34. The van der Waals surface area contributed by atoms with Crippen LogP contribution in [0.3, 0.4) is 0 Å². The molecule has 16 heavy (non-hydrogen) atoms. The number of benzene rings is 1. The molecule has 88 valence electrons. The monoisotopic (exact) mass is 218 g/mol. The van der Waals surface area contributed by atoms with Crippen molar-refractivity contribution in [3.63, 3.8) is 0 Å². The van der Waals surface area contributed by atoms with Crippen molar-refractivity contribution in [3.8, 4) is 0 Å². The van der Waals surface area contributed by atoms with Crippen LogP contribution >= 0.6 is 0 Å². The lowest BCUT2D eigenvalue weighted by Gasteiger charge is -1.88. The number of rotatable bonds is 3. The minimum atomic E-state index is 0.700. The molecule has 0 atom stereocenters. The van der Waals surface area contributed by atoms with E-state index in [9.17, 15) is 0 Å². The minimum Gasteiger partial charge on any atom is -0.381 e. The smallest absolute Gasteiger partial charge is 0.0646 e. The van der Waals surface area contributed by atoms with Gasteiger partial charge in [-0.2, -0.15) is 0 Å². The average Bonchev–Trinajstić information content (AvgIpc) is 2.31. The molecule has 0 radical (unpaired) electrons. The van der Waals surface area contributed by atoms with Crippen molar-refractivity contribution in [1.82, 2.24) is 0 Å². The van der Waals surface area contributed by atoms with Crippen molar-refractivity contribution in [3.05, 3.63) is 59.7 Å². The van der Waals surface area contributed by atoms with Gasteiger partial charge in [-0.3, -0.25) is 0 Å². The standard InChI is InChI=1S/C8H14O.C7H8/c1-4-8(2)6-5-7-9-3;1-7-5-3-2-4-6-7/h4-6H,7H2,1-3H3;2-6H,1H3/b6-5-,8-4-;. The van der Waals surface area contributed by atoms with Crippen LogP contribution in [-0.2, 0) is 4.74 Å². The highest BCUT2D eigenvalue weighted by molar-refractivity contribution is 5.14. The largest absolute Gasteiger partial charge is 0.381 e. The van der Waals surface area contributed by atoms with Gasteiger partial charge in [0.05, 0.1) is 6.61 Å². The lowest BCUT2D eigenvalue weighted by molar-refractivity contribution is 0.234. The Morgan fingerprint density at radius 1 is 1.25 bits per heavy atom. The molecule has 0 aromatic heterocycles. The molecule has 0 saturated carbocycles. The number of hydrogen-bond donors (Lipinski definition) is 0. The fraction of sp³-hybridized carbons (Fsp3) is 0.333. The zero-order valence-corrected chi connectivity index (χ0v) is 10.7. The highest BCUT2D eigenvalue weighted by atomic mass is 16.5. The number of methoxy groups -OCH3 is 1. The van der Waals surface area contributed by atoms with Gasteiger partial charge in [-0.05, 0) is 20.8 Å². The molecule has 1 rings (SSSR count). The lowest BCUT2D eigenvalue weighted by Crippen LogP contribution is -1.79. The maximum atomic E-state index is 4.82. The normalized spacial score (nSPS) is 11.1. The van der Waals surface area contributed by atoms with Crippen molar-refractivity contribution < 1.29 is 4.74 Å². The predicted octanol–water partition coefficient (Wildman–Crippen LogP) is 4.15. The van der Waals surface area contributed by atoms with Gasteiger partial charge in [0.2, 0.25) is 0 Å². The summed E-state index contributed by atoms with van der Waals surface area (Å²) in [6, 6.07) is 10.3. The minimum absolute atomic E-state index is 0.700. The highest BCUT2D eigenvalue weighted by Gasteiger charge is 1.75. The average molecular weight is 218 g/mol. The summed E-state index contributed by atoms with van der Waals surface area (Å²) in [4.78, 5) is 0. The third-order valence-corrected chi connectivity index (χ3v) is 2.04. The molecular weight excluding hydrogens is 196 g/mol. The first-order valence-corrected chi connectivity index (χ1v) is 5.50. The quantitative estimate of drug-likeness (QED) is 0.692. The Kier molecular flexibility index (Phi) is 9.33. The van der Waals surface area contributed by atoms with Crippen LogP contribution in [0.1, 0.15) is 19.4 Å². The Balaban J connectivity index is 0.000000288. The molecule has 0 fully saturated rings. The van der Waals surface area contributed by atoms with Crippen LogP contribution in [0.5, 0.6) is 0 Å². The molecule has 0 heterocycles. The summed E-state index contributed by atoms with van der Waals surface area (Å²) in [5.41, 5.74) is 2.59. The predicted molar refractivity (Wildman–Crippen MR) is 71.6 cm³/mol. The van der Waals surface area contributed by atoms with Crippen molar-refractivity contribution in [2.75, 3.05) is 13.7 Å². The van der Waals surface area contributed by atoms with Gasteiger partial charge in [0.25, 0.3) is 0 Å². The van der Waals surface area contributed by atoms with Crippen LogP contribution in [0.4, 0.5) is 0 Å². The second-order valence-electron chi connectivity index (χ2n) is 3.55. The van der Waals surface area contributed by atoms with Gasteiger partial charge in [-0.1, -0.05) is 59.7 Å². The summed E-state index contributed by atoms with van der Waals surface area (Å²) in [5, 5.41) is 0. The van der Waals surface area contributed by atoms with Gasteiger partial charge >= 0.3 is 0 Å². The zero-order chi connectivity index (χ0) is 12.2. The molecule has 1 heteroatoms. The lowest BCUT2D eigenvalue weighted by atomic mass is 10.2. The summed E-state index contributed by atoms with van der Waals surface area (Å²) in [5.74, 6) is 0. The van der Waals surface area contributed by atoms with E-state index in [2.05, 4.69) is 32.1 Å². The molecule has 0 aliphatic rings. The molecular formula is C15H22O. The van der Waals surface area contributed by atoms with Gasteiger partial charge in [0, 0.05) is 7.11 Å². The van der Waals surface area contributed by atoms with Gasteiger partial charge in [-0.25, -0.2) is 0 Å². The zero-order valence-electron chi connectivity index (χ0n) is 10.7. The molecule has 0 amide bonds. The fourth-order valence-corrected chi connectivity index (χ4v) is 0.961. The molecule has 0 bridgehead atoms. The van der Waals surface area contributed by atoms with Crippen molar-refractivity contribution in [2.45, 2.75) is 20.8 Å². The number of hydrogen-bond acceptors (Lipinski definition) is 1. The topological polar surface area (TPSA) is 9.23 Å². The van der Waals surface area contributed by atoms with Crippen LogP contribution in [0, 0.1) is 6.92 Å². The van der Waals surface area contributed by atoms with Crippen LogP contribution < -0.4 is 0 Å². The van der Waals surface area contributed by atoms with Crippen molar-refractivity contribution in [2.24, 2.45) is 0 Å². The SMILES string of the molecule is C/C=C(C)\C=C/COC.Cc1ccccc1. The Morgan fingerprint density at radius 3 is 2.25 bits per heavy atom. The van der Waals surface area contributed by atoms with Gasteiger partial charge in [0.15, 0.2) is 0 Å². The van der Waals surface area contributed by atoms with Gasteiger partial charge in [-0.15, -0.1) is 0 Å². The summed E-state index contributed by atoms with van der Waals surface area (Å²) in [6.45, 7) is 6.86. The van der Waals surface area contributed by atoms with Crippen LogP contribution in [-0.4, -0.2) is 13.7 Å². The Bertz CT molecular complexity index is 309.